The van der Waals surface area contributed by atoms with Crippen LogP contribution in [-0.2, 0) is 4.74 Å². The summed E-state index contributed by atoms with van der Waals surface area (Å²) >= 11 is 0. The Labute approximate surface area is 68.8 Å². The van der Waals surface area contributed by atoms with Gasteiger partial charge in [0.05, 0.1) is 6.10 Å². The molecule has 1 saturated heterocycles. The first-order valence-electron chi connectivity index (χ1n) is 4.24. The minimum atomic E-state index is 0.472. The highest BCUT2D eigenvalue weighted by Gasteiger charge is 2.16. The van der Waals surface area contributed by atoms with Crippen molar-refractivity contribution in [2.24, 2.45) is 0 Å². The van der Waals surface area contributed by atoms with E-state index in [4.69, 9.17) is 4.74 Å². The summed E-state index contributed by atoms with van der Waals surface area (Å²) in [5.74, 6) is 0. The van der Waals surface area contributed by atoms with Crippen molar-refractivity contribution in [3.63, 3.8) is 0 Å². The Kier molecular flexibility index (Phi) is 3.60. The standard InChI is InChI=1S/C9H17NO/c1-3-6-10(2)8-9-5-4-7-11-9/h3,9H,1,4-8H2,2H3/t9-/m0/s1. The minimum Gasteiger partial charge on any atom is -0.377 e. The van der Waals surface area contributed by atoms with Crippen molar-refractivity contribution >= 4 is 0 Å². The van der Waals surface area contributed by atoms with E-state index in [0.29, 0.717) is 6.10 Å². The first-order valence-corrected chi connectivity index (χ1v) is 4.24. The van der Waals surface area contributed by atoms with Gasteiger partial charge >= 0.3 is 0 Å². The predicted octanol–water partition coefficient (Wildman–Crippen LogP) is 1.28. The van der Waals surface area contributed by atoms with Crippen LogP contribution in [0.1, 0.15) is 12.8 Å². The van der Waals surface area contributed by atoms with Crippen molar-refractivity contribution in [2.75, 3.05) is 26.7 Å². The second-order valence-electron chi connectivity index (χ2n) is 3.14. The van der Waals surface area contributed by atoms with Crippen molar-refractivity contribution in [2.45, 2.75) is 18.9 Å². The van der Waals surface area contributed by atoms with Crippen LogP contribution in [0, 0.1) is 0 Å². The van der Waals surface area contributed by atoms with Crippen molar-refractivity contribution in [1.29, 1.82) is 0 Å². The fourth-order valence-corrected chi connectivity index (χ4v) is 1.43. The van der Waals surface area contributed by atoms with Crippen LogP contribution in [0.3, 0.4) is 0 Å². The van der Waals surface area contributed by atoms with Crippen molar-refractivity contribution in [1.82, 2.24) is 4.90 Å². The van der Waals surface area contributed by atoms with Crippen LogP contribution < -0.4 is 0 Å². The van der Waals surface area contributed by atoms with E-state index in [1.807, 2.05) is 6.08 Å². The molecule has 0 aliphatic carbocycles. The maximum Gasteiger partial charge on any atom is 0.0702 e. The van der Waals surface area contributed by atoms with Crippen molar-refractivity contribution < 1.29 is 4.74 Å². The molecule has 0 amide bonds. The highest BCUT2D eigenvalue weighted by atomic mass is 16.5. The number of hydrogen-bond acceptors (Lipinski definition) is 2. The molecule has 11 heavy (non-hydrogen) atoms. The molecule has 0 aromatic heterocycles. The number of rotatable bonds is 4. The first kappa shape index (κ1) is 8.75. The van der Waals surface area contributed by atoms with Crippen LogP contribution in [0.15, 0.2) is 12.7 Å². The molecule has 2 heteroatoms. The molecule has 64 valence electrons. The van der Waals surface area contributed by atoms with Gasteiger partial charge in [-0.2, -0.15) is 0 Å². The van der Waals surface area contributed by atoms with Gasteiger partial charge in [0, 0.05) is 19.7 Å². The summed E-state index contributed by atoms with van der Waals surface area (Å²) in [4.78, 5) is 2.24. The molecule has 2 nitrogen and oxygen atoms in total. The number of likely N-dealkylation sites (N-methyl/N-ethyl adjacent to an activating group) is 1. The summed E-state index contributed by atoms with van der Waals surface area (Å²) in [5, 5.41) is 0. The normalized spacial score (nSPS) is 24.4. The Balaban J connectivity index is 2.12. The Morgan fingerprint density at radius 3 is 3.09 bits per heavy atom. The lowest BCUT2D eigenvalue weighted by molar-refractivity contribution is 0.0843. The molecule has 0 unspecified atom stereocenters. The Hall–Kier alpha value is -0.340. The fraction of sp³-hybridized carbons (Fsp3) is 0.778. The molecule has 0 bridgehead atoms. The van der Waals surface area contributed by atoms with E-state index < -0.39 is 0 Å². The summed E-state index contributed by atoms with van der Waals surface area (Å²) in [6, 6.07) is 0. The Morgan fingerprint density at radius 1 is 1.73 bits per heavy atom. The van der Waals surface area contributed by atoms with E-state index >= 15 is 0 Å². The van der Waals surface area contributed by atoms with E-state index in [-0.39, 0.29) is 0 Å². The quantitative estimate of drug-likeness (QED) is 0.567. The molecule has 0 radical (unpaired) electrons. The van der Waals surface area contributed by atoms with Gasteiger partial charge < -0.3 is 9.64 Å². The Bertz CT molecular complexity index is 119. The van der Waals surface area contributed by atoms with Crippen LogP contribution in [0.25, 0.3) is 0 Å². The van der Waals surface area contributed by atoms with Gasteiger partial charge in [0.1, 0.15) is 0 Å². The molecule has 1 aliphatic rings. The fourth-order valence-electron chi connectivity index (χ4n) is 1.43. The second kappa shape index (κ2) is 4.52. The summed E-state index contributed by atoms with van der Waals surface area (Å²) < 4.78 is 5.49. The summed E-state index contributed by atoms with van der Waals surface area (Å²) in [7, 11) is 2.10. The third kappa shape index (κ3) is 3.04. The topological polar surface area (TPSA) is 12.5 Å². The van der Waals surface area contributed by atoms with Crippen LogP contribution in [0.5, 0.6) is 0 Å². The number of ether oxygens (including phenoxy) is 1. The third-order valence-electron chi connectivity index (χ3n) is 1.98. The number of nitrogens with zero attached hydrogens (tertiary/aromatic N) is 1. The molecule has 1 heterocycles. The zero-order valence-corrected chi connectivity index (χ0v) is 7.25. The molecular weight excluding hydrogens is 138 g/mol. The zero-order chi connectivity index (χ0) is 8.10. The van der Waals surface area contributed by atoms with Crippen molar-refractivity contribution in [3.05, 3.63) is 12.7 Å². The molecule has 1 rings (SSSR count). The van der Waals surface area contributed by atoms with Crippen LogP contribution in [-0.4, -0.2) is 37.7 Å². The number of hydrogen-bond donors (Lipinski definition) is 0. The van der Waals surface area contributed by atoms with Gasteiger partial charge in [0.15, 0.2) is 0 Å². The summed E-state index contributed by atoms with van der Waals surface area (Å²) in [6.07, 6.45) is 4.85. The highest BCUT2D eigenvalue weighted by Crippen LogP contribution is 2.12. The Morgan fingerprint density at radius 2 is 2.55 bits per heavy atom. The smallest absolute Gasteiger partial charge is 0.0702 e. The molecule has 0 spiro atoms. The lowest BCUT2D eigenvalue weighted by atomic mass is 10.2. The van der Waals surface area contributed by atoms with E-state index in [1.54, 1.807) is 0 Å². The predicted molar refractivity (Wildman–Crippen MR) is 46.7 cm³/mol. The lowest BCUT2D eigenvalue weighted by Crippen LogP contribution is -2.28. The lowest BCUT2D eigenvalue weighted by Gasteiger charge is -2.18. The molecular formula is C9H17NO. The third-order valence-corrected chi connectivity index (χ3v) is 1.98. The van der Waals surface area contributed by atoms with Gasteiger partial charge in [-0.05, 0) is 19.9 Å². The summed E-state index contributed by atoms with van der Waals surface area (Å²) in [6.45, 7) is 6.65. The van der Waals surface area contributed by atoms with Gasteiger partial charge in [0.2, 0.25) is 0 Å². The summed E-state index contributed by atoms with van der Waals surface area (Å²) in [5.41, 5.74) is 0. The van der Waals surface area contributed by atoms with Crippen LogP contribution in [0.4, 0.5) is 0 Å². The monoisotopic (exact) mass is 155 g/mol. The molecule has 1 aliphatic heterocycles. The molecule has 1 fully saturated rings. The van der Waals surface area contributed by atoms with E-state index in [0.717, 1.165) is 19.7 Å². The average Bonchev–Trinajstić information content (AvgIpc) is 2.40. The van der Waals surface area contributed by atoms with Crippen LogP contribution >= 0.6 is 0 Å². The highest BCUT2D eigenvalue weighted by molar-refractivity contribution is 4.75. The minimum absolute atomic E-state index is 0.472. The SMILES string of the molecule is C=CCN(C)C[C@@H]1CCCO1. The second-order valence-corrected chi connectivity index (χ2v) is 3.14. The zero-order valence-electron chi connectivity index (χ0n) is 7.25. The van der Waals surface area contributed by atoms with Gasteiger partial charge in [-0.15, -0.1) is 6.58 Å². The van der Waals surface area contributed by atoms with Crippen molar-refractivity contribution in [3.8, 4) is 0 Å². The molecule has 0 saturated carbocycles. The van der Waals surface area contributed by atoms with E-state index in [2.05, 4.69) is 18.5 Å². The van der Waals surface area contributed by atoms with Gasteiger partial charge in [0.25, 0.3) is 0 Å². The average molecular weight is 155 g/mol. The van der Waals surface area contributed by atoms with Crippen LogP contribution in [0.2, 0.25) is 0 Å². The molecule has 0 N–H and O–H groups in total. The first-order chi connectivity index (χ1) is 5.33. The molecule has 1 atom stereocenters. The van der Waals surface area contributed by atoms with Gasteiger partial charge in [-0.1, -0.05) is 6.08 Å². The maximum absolute atomic E-state index is 5.49. The largest absolute Gasteiger partial charge is 0.377 e. The van der Waals surface area contributed by atoms with Gasteiger partial charge in [-0.25, -0.2) is 0 Å². The molecule has 0 aromatic rings. The van der Waals surface area contributed by atoms with E-state index in [1.165, 1.54) is 12.8 Å². The molecule has 0 aromatic carbocycles. The maximum atomic E-state index is 5.49. The van der Waals surface area contributed by atoms with E-state index in [9.17, 15) is 0 Å². The van der Waals surface area contributed by atoms with Gasteiger partial charge in [-0.3, -0.25) is 0 Å².